The summed E-state index contributed by atoms with van der Waals surface area (Å²) in [7, 11) is -2.17. The molecule has 0 saturated heterocycles. The average Bonchev–Trinajstić information content (AvgIpc) is 3.45. The number of nitrogens with one attached hydrogen (secondary N) is 2. The molecule has 27 heavy (non-hydrogen) atoms. The highest BCUT2D eigenvalue weighted by Gasteiger charge is 2.28. The van der Waals surface area contributed by atoms with Crippen molar-refractivity contribution in [3.05, 3.63) is 53.6 Å². The van der Waals surface area contributed by atoms with E-state index in [9.17, 15) is 13.2 Å². The van der Waals surface area contributed by atoms with E-state index in [4.69, 9.17) is 10.5 Å². The Morgan fingerprint density at radius 2 is 1.85 bits per heavy atom. The van der Waals surface area contributed by atoms with E-state index in [1.165, 1.54) is 25.3 Å². The fourth-order valence-corrected chi connectivity index (χ4v) is 3.76. The highest BCUT2D eigenvalue weighted by Crippen LogP contribution is 2.29. The van der Waals surface area contributed by atoms with Crippen LogP contribution in [0.2, 0.25) is 0 Å². The van der Waals surface area contributed by atoms with Gasteiger partial charge in [-0.15, -0.1) is 12.4 Å². The van der Waals surface area contributed by atoms with Crippen LogP contribution in [-0.4, -0.2) is 27.5 Å². The number of sulfonamides is 1. The molecular weight excluding hydrogens is 390 g/mol. The number of carbonyl (C=O) groups is 1. The second-order valence-electron chi connectivity index (χ2n) is 6.11. The summed E-state index contributed by atoms with van der Waals surface area (Å²) in [6.07, 6.45) is 1.69. The van der Waals surface area contributed by atoms with E-state index in [-0.39, 0.29) is 29.3 Å². The largest absolute Gasteiger partial charge is 0.495 e. The van der Waals surface area contributed by atoms with Crippen LogP contribution in [-0.2, 0) is 16.6 Å². The molecule has 9 heteroatoms. The van der Waals surface area contributed by atoms with Crippen molar-refractivity contribution in [2.24, 2.45) is 5.73 Å². The molecule has 0 heterocycles. The van der Waals surface area contributed by atoms with Gasteiger partial charge in [-0.25, -0.2) is 13.1 Å². The molecule has 0 spiro atoms. The summed E-state index contributed by atoms with van der Waals surface area (Å²) in [6, 6.07) is 11.2. The molecule has 7 nitrogen and oxygen atoms in total. The third-order valence-corrected chi connectivity index (χ3v) is 5.60. The first kappa shape index (κ1) is 21.2. The molecule has 146 valence electrons. The van der Waals surface area contributed by atoms with Crippen LogP contribution in [0.1, 0.15) is 28.8 Å². The lowest BCUT2D eigenvalue weighted by molar-refractivity contribution is 0.102. The zero-order chi connectivity index (χ0) is 18.7. The van der Waals surface area contributed by atoms with Gasteiger partial charge < -0.3 is 15.8 Å². The highest BCUT2D eigenvalue weighted by atomic mass is 35.5. The first-order chi connectivity index (χ1) is 12.4. The van der Waals surface area contributed by atoms with Gasteiger partial charge >= 0.3 is 0 Å². The Morgan fingerprint density at radius 1 is 1.19 bits per heavy atom. The molecule has 2 aromatic carbocycles. The molecule has 0 aromatic heterocycles. The first-order valence-corrected chi connectivity index (χ1v) is 9.72. The maximum atomic E-state index is 12.5. The normalized spacial score (nSPS) is 13.6. The summed E-state index contributed by atoms with van der Waals surface area (Å²) in [5.74, 6) is 0.0128. The smallest absolute Gasteiger partial charge is 0.255 e. The average molecular weight is 412 g/mol. The summed E-state index contributed by atoms with van der Waals surface area (Å²) in [4.78, 5) is 12.6. The summed E-state index contributed by atoms with van der Waals surface area (Å²) < 4.78 is 32.6. The number of methoxy groups -OCH3 is 1. The van der Waals surface area contributed by atoms with Gasteiger partial charge in [0.05, 0.1) is 17.7 Å². The fourth-order valence-electron chi connectivity index (χ4n) is 2.43. The van der Waals surface area contributed by atoms with Crippen molar-refractivity contribution in [2.75, 3.05) is 12.4 Å². The topological polar surface area (TPSA) is 111 Å². The van der Waals surface area contributed by atoms with Gasteiger partial charge in [0, 0.05) is 18.2 Å². The van der Waals surface area contributed by atoms with Crippen LogP contribution >= 0.6 is 12.4 Å². The van der Waals surface area contributed by atoms with Crippen LogP contribution in [0.5, 0.6) is 5.75 Å². The Labute approximate surface area is 164 Å². The molecule has 1 aliphatic carbocycles. The van der Waals surface area contributed by atoms with Gasteiger partial charge in [0.2, 0.25) is 10.0 Å². The highest BCUT2D eigenvalue weighted by molar-refractivity contribution is 7.89. The van der Waals surface area contributed by atoms with Gasteiger partial charge in [0.25, 0.3) is 5.91 Å². The van der Waals surface area contributed by atoms with Crippen LogP contribution in [0.15, 0.2) is 47.4 Å². The molecule has 3 rings (SSSR count). The lowest BCUT2D eigenvalue weighted by Crippen LogP contribution is -2.25. The predicted molar refractivity (Wildman–Crippen MR) is 106 cm³/mol. The van der Waals surface area contributed by atoms with Crippen molar-refractivity contribution < 1.29 is 17.9 Å². The summed E-state index contributed by atoms with van der Waals surface area (Å²) in [5, 5.41) is 2.71. The van der Waals surface area contributed by atoms with E-state index in [1.54, 1.807) is 24.3 Å². The minimum Gasteiger partial charge on any atom is -0.495 e. The van der Waals surface area contributed by atoms with Crippen molar-refractivity contribution in [3.63, 3.8) is 0 Å². The standard InChI is InChI=1S/C18H21N3O4S.ClH/c1-25-17-9-8-15(26(23,24)21-14-6-7-14)10-16(17)20-18(22)13-4-2-12(11-19)3-5-13;/h2-5,8-10,14,21H,6-7,11,19H2,1H3,(H,20,22);1H. The van der Waals surface area contributed by atoms with Gasteiger partial charge in [-0.1, -0.05) is 12.1 Å². The van der Waals surface area contributed by atoms with Gasteiger partial charge in [-0.2, -0.15) is 0 Å². The molecule has 1 saturated carbocycles. The Morgan fingerprint density at radius 3 is 2.41 bits per heavy atom. The van der Waals surface area contributed by atoms with Crippen molar-refractivity contribution in [3.8, 4) is 5.75 Å². The first-order valence-electron chi connectivity index (χ1n) is 8.23. The Balaban J connectivity index is 0.00000261. The zero-order valence-corrected chi connectivity index (χ0v) is 16.4. The van der Waals surface area contributed by atoms with Crippen LogP contribution in [0, 0.1) is 0 Å². The van der Waals surface area contributed by atoms with E-state index in [1.807, 2.05) is 0 Å². The molecule has 0 unspecified atom stereocenters. The predicted octanol–water partition coefficient (Wildman–Crippen LogP) is 2.27. The number of amides is 1. The molecule has 0 aliphatic heterocycles. The number of benzene rings is 2. The zero-order valence-electron chi connectivity index (χ0n) is 14.8. The number of hydrogen-bond acceptors (Lipinski definition) is 5. The van der Waals surface area contributed by atoms with Gasteiger partial charge in [-0.3, -0.25) is 4.79 Å². The Bertz CT molecular complexity index is 913. The van der Waals surface area contributed by atoms with Crippen LogP contribution in [0.25, 0.3) is 0 Å². The maximum Gasteiger partial charge on any atom is 0.255 e. The van der Waals surface area contributed by atoms with E-state index in [0.29, 0.717) is 23.5 Å². The van der Waals surface area contributed by atoms with E-state index in [0.717, 1.165) is 18.4 Å². The maximum absolute atomic E-state index is 12.5. The fraction of sp³-hybridized carbons (Fsp3) is 0.278. The Kier molecular flexibility index (Phi) is 6.83. The number of carbonyl (C=O) groups excluding carboxylic acids is 1. The third kappa shape index (κ3) is 5.20. The van der Waals surface area contributed by atoms with Crippen LogP contribution < -0.4 is 20.5 Å². The van der Waals surface area contributed by atoms with Crippen LogP contribution in [0.3, 0.4) is 0 Å². The minimum absolute atomic E-state index is 0. The SMILES string of the molecule is COc1ccc(S(=O)(=O)NC2CC2)cc1NC(=O)c1ccc(CN)cc1.Cl. The molecule has 0 radical (unpaired) electrons. The molecule has 1 amide bonds. The number of hydrogen-bond donors (Lipinski definition) is 3. The van der Waals surface area contributed by atoms with Crippen molar-refractivity contribution in [2.45, 2.75) is 30.3 Å². The van der Waals surface area contributed by atoms with Gasteiger partial charge in [-0.05, 0) is 48.7 Å². The monoisotopic (exact) mass is 411 g/mol. The van der Waals surface area contributed by atoms with Crippen molar-refractivity contribution >= 4 is 34.0 Å². The van der Waals surface area contributed by atoms with E-state index >= 15 is 0 Å². The molecular formula is C18H22ClN3O4S. The molecule has 1 fully saturated rings. The lowest BCUT2D eigenvalue weighted by Gasteiger charge is -2.13. The molecule has 0 atom stereocenters. The van der Waals surface area contributed by atoms with Gasteiger partial charge in [0.1, 0.15) is 5.75 Å². The summed E-state index contributed by atoms with van der Waals surface area (Å²) in [6.45, 7) is 0.392. The summed E-state index contributed by atoms with van der Waals surface area (Å²) >= 11 is 0. The van der Waals surface area contributed by atoms with E-state index in [2.05, 4.69) is 10.0 Å². The molecule has 2 aromatic rings. The number of nitrogens with two attached hydrogens (primary N) is 1. The second-order valence-corrected chi connectivity index (χ2v) is 7.83. The number of ether oxygens (including phenoxy) is 1. The van der Waals surface area contributed by atoms with Gasteiger partial charge in [0.15, 0.2) is 0 Å². The second kappa shape index (κ2) is 8.71. The molecule has 4 N–H and O–H groups in total. The molecule has 0 bridgehead atoms. The number of halogens is 1. The lowest BCUT2D eigenvalue weighted by atomic mass is 10.1. The quantitative estimate of drug-likeness (QED) is 0.647. The van der Waals surface area contributed by atoms with Crippen molar-refractivity contribution in [1.82, 2.24) is 4.72 Å². The van der Waals surface area contributed by atoms with Crippen LogP contribution in [0.4, 0.5) is 5.69 Å². The Hall–Kier alpha value is -2.13. The number of rotatable bonds is 7. The minimum atomic E-state index is -3.62. The number of anilines is 1. The third-order valence-electron chi connectivity index (χ3n) is 4.08. The summed E-state index contributed by atoms with van der Waals surface area (Å²) in [5.41, 5.74) is 7.20. The van der Waals surface area contributed by atoms with E-state index < -0.39 is 10.0 Å². The van der Waals surface area contributed by atoms with Crippen molar-refractivity contribution in [1.29, 1.82) is 0 Å². The molecule has 1 aliphatic rings.